The summed E-state index contributed by atoms with van der Waals surface area (Å²) in [6, 6.07) is 11.2. The van der Waals surface area contributed by atoms with Crippen LogP contribution in [0.2, 0.25) is 0 Å². The van der Waals surface area contributed by atoms with Gasteiger partial charge >= 0.3 is 23.9 Å². The monoisotopic (exact) mass is 642 g/mol. The highest BCUT2D eigenvalue weighted by Gasteiger charge is 2.63. The van der Waals surface area contributed by atoms with Crippen LogP contribution in [0.1, 0.15) is 34.6 Å². The molecule has 0 aliphatic carbocycles. The molecule has 2 aromatic carbocycles. The Bertz CT molecular complexity index is 1700. The third-order valence-electron chi connectivity index (χ3n) is 6.63. The highest BCUT2D eigenvalue weighted by Crippen LogP contribution is 2.35. The van der Waals surface area contributed by atoms with E-state index in [0.717, 1.165) is 12.4 Å². The first-order chi connectivity index (χ1) is 21.0. The van der Waals surface area contributed by atoms with Crippen molar-refractivity contribution in [2.24, 2.45) is 0 Å². The number of Topliss-reactive ketones (excluding diaryl/α,β-unsaturated/α-hetero) is 2. The van der Waals surface area contributed by atoms with Gasteiger partial charge in [0, 0.05) is 52.4 Å². The molecule has 0 aliphatic heterocycles. The molecule has 16 heteroatoms. The molecule has 2 amide bonds. The van der Waals surface area contributed by atoms with Gasteiger partial charge in [-0.3, -0.25) is 19.2 Å². The van der Waals surface area contributed by atoms with Crippen molar-refractivity contribution in [2.45, 2.75) is 43.9 Å². The van der Waals surface area contributed by atoms with E-state index in [2.05, 4.69) is 14.7 Å². The van der Waals surface area contributed by atoms with Gasteiger partial charge in [0.05, 0.1) is 12.1 Å². The maximum absolute atomic E-state index is 13.4. The number of rotatable bonds is 11. The number of amides is 2. The molecule has 2 aromatic heterocycles. The number of nitrogens with one attached hydrogen (secondary N) is 4. The van der Waals surface area contributed by atoms with E-state index in [-0.39, 0.29) is 5.56 Å². The van der Waals surface area contributed by atoms with Crippen molar-refractivity contribution in [3.8, 4) is 0 Å². The van der Waals surface area contributed by atoms with Gasteiger partial charge in [0.1, 0.15) is 6.61 Å². The SMILES string of the molecule is COC(F)(F)C(F)(F)C(=O)N[C@H](C)C(=O)c1c[nH]c2ccccc12.C[C@@H](NC(=O)C(F)(F)CO)C(=O)c1c[nH]c2ccccc12. The fraction of sp³-hybridized carbons (Fsp3) is 0.310. The molecule has 0 aliphatic rings. The van der Waals surface area contributed by atoms with Gasteiger partial charge in [-0.25, -0.2) is 0 Å². The van der Waals surface area contributed by atoms with Crippen LogP contribution in [0.4, 0.5) is 26.3 Å². The zero-order valence-corrected chi connectivity index (χ0v) is 23.9. The molecule has 0 fully saturated rings. The lowest BCUT2D eigenvalue weighted by Crippen LogP contribution is -2.56. The number of carbonyl (C=O) groups excluding carboxylic acids is 4. The van der Waals surface area contributed by atoms with Gasteiger partial charge < -0.3 is 30.4 Å². The Hall–Kier alpha value is -4.70. The number of aromatic amines is 2. The standard InChI is InChI=1S/C15H14F4N2O3.C14H14F2N2O3/c1-8(21-13(23)14(16,17)15(18,19)24-2)12(22)10-7-20-11-6-4-3-5-9(10)11;1-8(18-13(21)14(15,16)7-19)12(20)10-6-17-11-5-3-2-4-9(10)11/h3-8,20H,1-2H3,(H,21,23);2-6,8,17,19H,7H2,1H3,(H,18,21)/t2*8-/m11/s1. The van der Waals surface area contributed by atoms with Crippen molar-refractivity contribution in [3.05, 3.63) is 72.1 Å². The van der Waals surface area contributed by atoms with Gasteiger partial charge in [-0.1, -0.05) is 36.4 Å². The Morgan fingerprint density at radius 3 is 1.56 bits per heavy atom. The van der Waals surface area contributed by atoms with Gasteiger partial charge in [-0.05, 0) is 26.0 Å². The minimum absolute atomic E-state index is 0.153. The molecule has 45 heavy (non-hydrogen) atoms. The Morgan fingerprint density at radius 1 is 0.756 bits per heavy atom. The van der Waals surface area contributed by atoms with Crippen LogP contribution in [0, 0.1) is 0 Å². The van der Waals surface area contributed by atoms with Crippen molar-refractivity contribution < 1.29 is 55.4 Å². The Labute approximate surface area is 251 Å². The molecule has 0 spiro atoms. The number of methoxy groups -OCH3 is 1. The predicted octanol–water partition coefficient (Wildman–Crippen LogP) is 4.21. The van der Waals surface area contributed by atoms with E-state index in [0.29, 0.717) is 29.0 Å². The third-order valence-corrected chi connectivity index (χ3v) is 6.63. The fourth-order valence-corrected chi connectivity index (χ4v) is 4.07. The highest BCUT2D eigenvalue weighted by atomic mass is 19.3. The lowest BCUT2D eigenvalue weighted by atomic mass is 10.0. The number of fused-ring (bicyclic) bond motifs is 2. The molecule has 2 atom stereocenters. The summed E-state index contributed by atoms with van der Waals surface area (Å²) in [6.07, 6.45) is -2.15. The molecule has 0 bridgehead atoms. The maximum atomic E-state index is 13.4. The quantitative estimate of drug-likeness (QED) is 0.122. The number of para-hydroxylation sites is 2. The topological polar surface area (TPSA) is 153 Å². The van der Waals surface area contributed by atoms with E-state index < -0.39 is 60.0 Å². The molecular weight excluding hydrogens is 614 g/mol. The average molecular weight is 643 g/mol. The summed E-state index contributed by atoms with van der Waals surface area (Å²) in [5.74, 6) is -14.2. The number of H-pyrrole nitrogens is 2. The fourth-order valence-electron chi connectivity index (χ4n) is 4.07. The molecule has 5 N–H and O–H groups in total. The van der Waals surface area contributed by atoms with E-state index in [4.69, 9.17) is 5.11 Å². The maximum Gasteiger partial charge on any atom is 0.428 e. The molecule has 4 rings (SSSR count). The third kappa shape index (κ3) is 7.34. The van der Waals surface area contributed by atoms with Crippen LogP contribution in [0.25, 0.3) is 21.8 Å². The van der Waals surface area contributed by atoms with Gasteiger partial charge in [0.15, 0.2) is 11.6 Å². The largest absolute Gasteiger partial charge is 0.428 e. The molecule has 10 nitrogen and oxygen atoms in total. The first-order valence-corrected chi connectivity index (χ1v) is 13.1. The second-order valence-electron chi connectivity index (χ2n) is 9.77. The molecule has 0 radical (unpaired) electrons. The summed E-state index contributed by atoms with van der Waals surface area (Å²) >= 11 is 0. The smallest absolute Gasteiger partial charge is 0.390 e. The number of benzene rings is 2. The normalized spacial score (nSPS) is 13.5. The Kier molecular flexibility index (Phi) is 10.5. The van der Waals surface area contributed by atoms with E-state index in [1.165, 1.54) is 19.3 Å². The zero-order chi connectivity index (χ0) is 33.7. The number of halogens is 6. The summed E-state index contributed by atoms with van der Waals surface area (Å²) in [5, 5.41) is 13.1. The highest BCUT2D eigenvalue weighted by molar-refractivity contribution is 6.12. The average Bonchev–Trinajstić information content (AvgIpc) is 3.65. The van der Waals surface area contributed by atoms with Crippen LogP contribution < -0.4 is 10.6 Å². The lowest BCUT2D eigenvalue weighted by molar-refractivity contribution is -0.323. The van der Waals surface area contributed by atoms with E-state index in [9.17, 15) is 45.5 Å². The van der Waals surface area contributed by atoms with Crippen LogP contribution in [0.15, 0.2) is 60.9 Å². The van der Waals surface area contributed by atoms with Crippen LogP contribution in [0.5, 0.6) is 0 Å². The van der Waals surface area contributed by atoms with Gasteiger partial charge in [0.25, 0.3) is 5.91 Å². The molecule has 0 saturated heterocycles. The number of ketones is 2. The van der Waals surface area contributed by atoms with Crippen LogP contribution in [-0.2, 0) is 14.3 Å². The van der Waals surface area contributed by atoms with Crippen molar-refractivity contribution in [2.75, 3.05) is 13.7 Å². The molecule has 4 aromatic rings. The Balaban J connectivity index is 0.000000248. The molecule has 0 saturated carbocycles. The first kappa shape index (κ1) is 34.8. The number of hydrogen-bond acceptors (Lipinski definition) is 6. The number of hydrogen-bond donors (Lipinski definition) is 5. The van der Waals surface area contributed by atoms with Crippen LogP contribution in [0.3, 0.4) is 0 Å². The number of aromatic nitrogens is 2. The number of ether oxygens (including phenoxy) is 1. The summed E-state index contributed by atoms with van der Waals surface area (Å²) in [7, 11) is 0.349. The lowest BCUT2D eigenvalue weighted by Gasteiger charge is -2.24. The number of alkyl halides is 6. The zero-order valence-electron chi connectivity index (χ0n) is 23.9. The number of aliphatic hydroxyl groups excluding tert-OH is 1. The van der Waals surface area contributed by atoms with Gasteiger partial charge in [-0.15, -0.1) is 0 Å². The molecular formula is C29H28F6N4O6. The minimum atomic E-state index is -5.11. The summed E-state index contributed by atoms with van der Waals surface area (Å²) in [5.41, 5.74) is 1.83. The number of aliphatic hydroxyl groups is 1. The van der Waals surface area contributed by atoms with E-state index in [1.54, 1.807) is 53.8 Å². The first-order valence-electron chi connectivity index (χ1n) is 13.1. The predicted molar refractivity (Wildman–Crippen MR) is 149 cm³/mol. The second kappa shape index (κ2) is 13.5. The van der Waals surface area contributed by atoms with Gasteiger partial charge in [0.2, 0.25) is 0 Å². The molecule has 242 valence electrons. The van der Waals surface area contributed by atoms with Gasteiger partial charge in [-0.2, -0.15) is 26.3 Å². The van der Waals surface area contributed by atoms with Crippen molar-refractivity contribution >= 4 is 45.2 Å². The summed E-state index contributed by atoms with van der Waals surface area (Å²) in [6.45, 7) is 0.839. The van der Waals surface area contributed by atoms with Crippen LogP contribution in [-0.4, -0.2) is 82.2 Å². The van der Waals surface area contributed by atoms with Crippen molar-refractivity contribution in [1.29, 1.82) is 0 Å². The van der Waals surface area contributed by atoms with E-state index in [1.807, 2.05) is 5.32 Å². The number of carbonyl (C=O) groups is 4. The van der Waals surface area contributed by atoms with Crippen molar-refractivity contribution in [3.63, 3.8) is 0 Å². The van der Waals surface area contributed by atoms with Crippen molar-refractivity contribution in [1.82, 2.24) is 20.6 Å². The Morgan fingerprint density at radius 2 is 1.16 bits per heavy atom. The molecule has 2 heterocycles. The second-order valence-corrected chi connectivity index (χ2v) is 9.77. The van der Waals surface area contributed by atoms with E-state index >= 15 is 0 Å². The molecule has 0 unspecified atom stereocenters. The summed E-state index contributed by atoms with van der Waals surface area (Å²) in [4.78, 5) is 52.9. The summed E-state index contributed by atoms with van der Waals surface area (Å²) < 4.78 is 82.1. The van der Waals surface area contributed by atoms with Crippen LogP contribution >= 0.6 is 0 Å². The minimum Gasteiger partial charge on any atom is -0.390 e.